The zero-order valence-electron chi connectivity index (χ0n) is 38.3. The second-order valence-electron chi connectivity index (χ2n) is 17.4. The Hall–Kier alpha value is -1.79. The summed E-state index contributed by atoms with van der Waals surface area (Å²) in [6.07, 6.45) is 30.6. The van der Waals surface area contributed by atoms with Crippen molar-refractivity contribution < 1.29 is 51.9 Å². The van der Waals surface area contributed by atoms with Crippen molar-refractivity contribution >= 4 is 39.7 Å². The summed E-state index contributed by atoms with van der Waals surface area (Å²) in [7, 11) is -6.16. The van der Waals surface area contributed by atoms with E-state index in [1.165, 1.54) is 116 Å². The van der Waals surface area contributed by atoms with Crippen molar-refractivity contribution in [3.8, 4) is 0 Å². The maximum Gasteiger partial charge on any atom is 0.472 e. The maximum atomic E-state index is 12.7. The number of hydrogen-bond donors (Lipinski definition) is 2. The van der Waals surface area contributed by atoms with Crippen LogP contribution in [0.25, 0.3) is 0 Å². The fourth-order valence-electron chi connectivity index (χ4n) is 6.43. The molecule has 0 aromatic heterocycles. The molecule has 348 valence electrons. The topological polar surface area (TPSA) is 164 Å². The molecule has 2 N–H and O–H groups in total. The lowest BCUT2D eigenvalue weighted by atomic mass is 10.0. The minimum absolute atomic E-state index is 0.0672. The quantitative estimate of drug-likeness (QED) is 0.0197. The van der Waals surface area contributed by atoms with Gasteiger partial charge in [0.2, 0.25) is 5.91 Å². The third kappa shape index (κ3) is 42.7. The molecule has 0 fully saturated rings. The molecule has 0 bridgehead atoms. The first-order valence-corrected chi connectivity index (χ1v) is 28.9. The summed E-state index contributed by atoms with van der Waals surface area (Å²) in [5, 5.41) is 2.53. The van der Waals surface area contributed by atoms with Gasteiger partial charge in [0, 0.05) is 25.8 Å². The average molecular weight is 878 g/mol. The average Bonchev–Trinajstić information content (AvgIpc) is 3.19. The number of esters is 3. The van der Waals surface area contributed by atoms with Gasteiger partial charge in [0.25, 0.3) is 0 Å². The third-order valence-corrected chi connectivity index (χ3v) is 12.0. The predicted molar refractivity (Wildman–Crippen MR) is 240 cm³/mol. The van der Waals surface area contributed by atoms with E-state index in [9.17, 15) is 28.6 Å². The Morgan fingerprint density at radius 1 is 0.525 bits per heavy atom. The second-order valence-corrected chi connectivity index (χ2v) is 24.3. The van der Waals surface area contributed by atoms with Gasteiger partial charge in [-0.3, -0.25) is 28.2 Å². The van der Waals surface area contributed by atoms with Gasteiger partial charge < -0.3 is 24.4 Å². The number of nitrogens with one attached hydrogen (secondary N) is 1. The van der Waals surface area contributed by atoms with Crippen molar-refractivity contribution in [3.05, 3.63) is 0 Å². The van der Waals surface area contributed by atoms with Crippen LogP contribution in [0.4, 0.5) is 0 Å². The first-order chi connectivity index (χ1) is 28.3. The molecule has 0 aromatic rings. The minimum atomic E-state index is -4.60. The highest BCUT2D eigenvalue weighted by Crippen LogP contribution is 2.43. The number of unbranched alkanes of at least 4 members (excludes halogenated alkanes) is 24. The number of phosphoric acid groups is 1. The first kappa shape index (κ1) is 57.2. The summed E-state index contributed by atoms with van der Waals surface area (Å²) in [5.41, 5.74) is 0. The molecule has 0 saturated heterocycles. The van der Waals surface area contributed by atoms with Crippen LogP contribution in [-0.2, 0) is 47.0 Å². The Bertz CT molecular complexity index is 1100. The molecule has 2 unspecified atom stereocenters. The van der Waals surface area contributed by atoms with Crippen LogP contribution in [0.1, 0.15) is 206 Å². The lowest BCUT2D eigenvalue weighted by molar-refractivity contribution is -0.161. The number of carbonyl (C=O) groups excluding carboxylic acids is 4. The number of amides is 1. The Labute approximate surface area is 360 Å². The van der Waals surface area contributed by atoms with Crippen LogP contribution in [0.2, 0.25) is 19.6 Å². The monoisotopic (exact) mass is 878 g/mol. The van der Waals surface area contributed by atoms with Gasteiger partial charge in [-0.2, -0.15) is 0 Å². The summed E-state index contributed by atoms with van der Waals surface area (Å²) in [5.74, 6) is -1.79. The Balaban J connectivity index is 4.60. The molecular formula is C45H88NO11PSi. The molecule has 0 rings (SSSR count). The Morgan fingerprint density at radius 2 is 0.932 bits per heavy atom. The number of hydrogen-bond acceptors (Lipinski definition) is 10. The molecule has 1 amide bonds. The molecule has 14 heteroatoms. The van der Waals surface area contributed by atoms with Gasteiger partial charge >= 0.3 is 25.7 Å². The fourth-order valence-corrected chi connectivity index (χ4v) is 7.78. The van der Waals surface area contributed by atoms with Crippen LogP contribution < -0.4 is 5.32 Å². The molecule has 0 spiro atoms. The van der Waals surface area contributed by atoms with E-state index in [4.69, 9.17) is 23.3 Å². The lowest BCUT2D eigenvalue weighted by Crippen LogP contribution is -2.31. The van der Waals surface area contributed by atoms with E-state index in [0.717, 1.165) is 38.5 Å². The van der Waals surface area contributed by atoms with E-state index in [2.05, 4.69) is 38.8 Å². The van der Waals surface area contributed by atoms with E-state index < -0.39 is 52.4 Å². The van der Waals surface area contributed by atoms with Crippen LogP contribution in [0.5, 0.6) is 0 Å². The highest BCUT2D eigenvalue weighted by molar-refractivity contribution is 7.47. The molecule has 0 radical (unpaired) electrons. The minimum Gasteiger partial charge on any atom is -0.469 e. The molecule has 2 atom stereocenters. The third-order valence-electron chi connectivity index (χ3n) is 10.0. The molecule has 0 aliphatic rings. The van der Waals surface area contributed by atoms with Crippen LogP contribution in [0.3, 0.4) is 0 Å². The van der Waals surface area contributed by atoms with Crippen LogP contribution in [-0.4, -0.2) is 75.5 Å². The van der Waals surface area contributed by atoms with Gasteiger partial charge in [0.05, 0.1) is 33.9 Å². The maximum absolute atomic E-state index is 12.7. The van der Waals surface area contributed by atoms with E-state index in [-0.39, 0.29) is 45.4 Å². The van der Waals surface area contributed by atoms with Gasteiger partial charge in [-0.05, 0) is 12.8 Å². The molecular weight excluding hydrogens is 790 g/mol. The number of ether oxygens (including phenoxy) is 3. The van der Waals surface area contributed by atoms with Gasteiger partial charge in [0.1, 0.15) is 6.61 Å². The zero-order chi connectivity index (χ0) is 43.9. The van der Waals surface area contributed by atoms with Crippen molar-refractivity contribution in [2.45, 2.75) is 232 Å². The summed E-state index contributed by atoms with van der Waals surface area (Å²) in [6, 6.07) is 0. The summed E-state index contributed by atoms with van der Waals surface area (Å²) in [4.78, 5) is 59.5. The summed E-state index contributed by atoms with van der Waals surface area (Å²) >= 11 is 0. The van der Waals surface area contributed by atoms with E-state index in [1.54, 1.807) is 0 Å². The highest BCUT2D eigenvalue weighted by Gasteiger charge is 2.26. The number of phosphoric ester groups is 1. The molecule has 0 aromatic carbocycles. The number of carbonyl (C=O) groups is 4. The van der Waals surface area contributed by atoms with Gasteiger partial charge in [0.15, 0.2) is 6.10 Å². The molecule has 59 heavy (non-hydrogen) atoms. The largest absolute Gasteiger partial charge is 0.472 e. The van der Waals surface area contributed by atoms with Gasteiger partial charge in [-0.15, -0.1) is 0 Å². The Morgan fingerprint density at radius 3 is 1.37 bits per heavy atom. The molecule has 12 nitrogen and oxygen atoms in total. The van der Waals surface area contributed by atoms with E-state index in [0.29, 0.717) is 19.1 Å². The summed E-state index contributed by atoms with van der Waals surface area (Å²) in [6.45, 7) is 9.44. The highest BCUT2D eigenvalue weighted by atomic mass is 31.2. The number of rotatable bonds is 43. The van der Waals surface area contributed by atoms with Crippen molar-refractivity contribution in [1.29, 1.82) is 0 Å². The summed E-state index contributed by atoms with van der Waals surface area (Å²) < 4.78 is 38.9. The first-order valence-electron chi connectivity index (χ1n) is 23.7. The van der Waals surface area contributed by atoms with Crippen molar-refractivity contribution in [2.24, 2.45) is 0 Å². The molecule has 0 aliphatic heterocycles. The Kier molecular flexibility index (Phi) is 37.9. The van der Waals surface area contributed by atoms with Crippen molar-refractivity contribution in [3.63, 3.8) is 0 Å². The fraction of sp³-hybridized carbons (Fsp3) is 0.911. The molecule has 0 heterocycles. The molecule has 0 saturated carbocycles. The lowest BCUT2D eigenvalue weighted by Gasteiger charge is -2.20. The van der Waals surface area contributed by atoms with Crippen molar-refractivity contribution in [2.75, 3.05) is 32.6 Å². The molecule has 0 aliphatic carbocycles. The smallest absolute Gasteiger partial charge is 0.469 e. The SMILES string of the molecule is CCCCCCCCCCCCCCCC(=O)OCC(COP(=O)(O)OCCNC(=O)CCC(=O)OC[Si](C)(C)C)OC(=O)CCCCCCCCCCCCCCC. The normalized spacial score (nSPS) is 13.1. The van der Waals surface area contributed by atoms with Crippen LogP contribution in [0, 0.1) is 0 Å². The van der Waals surface area contributed by atoms with Crippen LogP contribution >= 0.6 is 7.82 Å². The zero-order valence-corrected chi connectivity index (χ0v) is 40.2. The van der Waals surface area contributed by atoms with Crippen molar-refractivity contribution in [1.82, 2.24) is 5.32 Å². The van der Waals surface area contributed by atoms with E-state index >= 15 is 0 Å². The van der Waals surface area contributed by atoms with Gasteiger partial charge in [-0.1, -0.05) is 188 Å². The van der Waals surface area contributed by atoms with E-state index in [1.807, 2.05) is 0 Å². The van der Waals surface area contributed by atoms with Crippen LogP contribution in [0.15, 0.2) is 0 Å². The second kappa shape index (κ2) is 39.1. The predicted octanol–water partition coefficient (Wildman–Crippen LogP) is 11.9. The standard InChI is InChI=1S/C45H88NO11PSi/c1-6-8-10-12-14-16-18-20-22-24-26-28-30-32-43(48)53-38-41(57-45(50)33-31-29-27-25-23-21-19-17-15-13-11-9-7-2)39-56-58(51,52)55-37-36-46-42(47)34-35-44(49)54-40-59(3,4)5/h41H,6-40H2,1-5H3,(H,46,47)(H,51,52). The van der Waals surface area contributed by atoms with Gasteiger partial charge in [-0.25, -0.2) is 4.57 Å².